The lowest BCUT2D eigenvalue weighted by molar-refractivity contribution is 0.0552. The summed E-state index contributed by atoms with van der Waals surface area (Å²) in [6.45, 7) is 2.53. The maximum Gasteiger partial charge on any atom is 0.119 e. The minimum atomic E-state index is -0.0836. The third-order valence-corrected chi connectivity index (χ3v) is 4.25. The van der Waals surface area contributed by atoms with Gasteiger partial charge in [0.25, 0.3) is 0 Å². The molecule has 0 N–H and O–H groups in total. The van der Waals surface area contributed by atoms with Gasteiger partial charge in [0.2, 0.25) is 0 Å². The number of nitrogens with zero attached hydrogens (tertiary/aromatic N) is 1. The van der Waals surface area contributed by atoms with Crippen molar-refractivity contribution in [3.05, 3.63) is 59.2 Å². The summed E-state index contributed by atoms with van der Waals surface area (Å²) in [6, 6.07) is 14.3. The number of ether oxygens (including phenoxy) is 3. The highest BCUT2D eigenvalue weighted by atomic mass is 16.5. The molecule has 2 aromatic carbocycles. The fraction of sp³-hybridized carbons (Fsp3) is 0.368. The van der Waals surface area contributed by atoms with Crippen LogP contribution < -0.4 is 9.47 Å². The van der Waals surface area contributed by atoms with Crippen LogP contribution in [0.1, 0.15) is 22.8 Å². The van der Waals surface area contributed by atoms with E-state index in [2.05, 4.69) is 36.2 Å². The van der Waals surface area contributed by atoms with Crippen LogP contribution in [0.25, 0.3) is 0 Å². The zero-order valence-electron chi connectivity index (χ0n) is 13.9. The number of hydrogen-bond donors (Lipinski definition) is 0. The Hall–Kier alpha value is -2.04. The minimum Gasteiger partial charge on any atom is -0.497 e. The van der Waals surface area contributed by atoms with Crippen LogP contribution in [0.3, 0.4) is 0 Å². The molecule has 0 saturated carbocycles. The van der Waals surface area contributed by atoms with E-state index in [1.54, 1.807) is 14.2 Å². The zero-order chi connectivity index (χ0) is 16.2. The smallest absolute Gasteiger partial charge is 0.119 e. The molecule has 4 nitrogen and oxygen atoms in total. The van der Waals surface area contributed by atoms with Gasteiger partial charge in [-0.05, 0) is 48.0 Å². The molecule has 1 heterocycles. The van der Waals surface area contributed by atoms with Crippen molar-refractivity contribution in [1.29, 1.82) is 0 Å². The zero-order valence-corrected chi connectivity index (χ0v) is 13.9. The number of hydrogen-bond acceptors (Lipinski definition) is 4. The first kappa shape index (κ1) is 15.8. The van der Waals surface area contributed by atoms with Gasteiger partial charge in [-0.3, -0.25) is 4.90 Å². The normalized spacial score (nSPS) is 18.7. The molecule has 1 atom stereocenters. The molecular formula is C19H23NO3. The van der Waals surface area contributed by atoms with Gasteiger partial charge in [0, 0.05) is 13.1 Å². The molecule has 1 aliphatic rings. The van der Waals surface area contributed by atoms with Gasteiger partial charge < -0.3 is 14.2 Å². The van der Waals surface area contributed by atoms with Crippen molar-refractivity contribution in [2.75, 3.05) is 34.4 Å². The predicted molar refractivity (Wildman–Crippen MR) is 90.1 cm³/mol. The van der Waals surface area contributed by atoms with Gasteiger partial charge in [-0.25, -0.2) is 0 Å². The molecule has 0 fully saturated rings. The van der Waals surface area contributed by atoms with Crippen LogP contribution in [0.5, 0.6) is 11.5 Å². The Labute approximate surface area is 137 Å². The third kappa shape index (κ3) is 3.49. The minimum absolute atomic E-state index is 0.0836. The van der Waals surface area contributed by atoms with Crippen LogP contribution in [-0.4, -0.2) is 39.3 Å². The second kappa shape index (κ2) is 7.02. The quantitative estimate of drug-likeness (QED) is 0.870. The Morgan fingerprint density at radius 3 is 2.39 bits per heavy atom. The highest BCUT2D eigenvalue weighted by Crippen LogP contribution is 2.33. The van der Waals surface area contributed by atoms with E-state index >= 15 is 0 Å². The Morgan fingerprint density at radius 2 is 1.70 bits per heavy atom. The Bertz CT molecular complexity index is 654. The predicted octanol–water partition coefficient (Wildman–Crippen LogP) is 3.26. The van der Waals surface area contributed by atoms with E-state index in [-0.39, 0.29) is 6.10 Å². The van der Waals surface area contributed by atoms with Crippen molar-refractivity contribution in [1.82, 2.24) is 4.90 Å². The summed E-state index contributed by atoms with van der Waals surface area (Å²) >= 11 is 0. The first-order chi connectivity index (χ1) is 11.2. The number of methoxy groups -OCH3 is 2. The fourth-order valence-electron chi connectivity index (χ4n) is 2.93. The first-order valence-electron chi connectivity index (χ1n) is 7.82. The summed E-state index contributed by atoms with van der Waals surface area (Å²) in [7, 11) is 5.49. The second-order valence-corrected chi connectivity index (χ2v) is 5.83. The number of fused-ring (bicyclic) bond motifs is 1. The van der Waals surface area contributed by atoms with E-state index in [4.69, 9.17) is 14.2 Å². The van der Waals surface area contributed by atoms with Crippen molar-refractivity contribution < 1.29 is 14.2 Å². The number of benzene rings is 2. The van der Waals surface area contributed by atoms with Crippen molar-refractivity contribution in [2.45, 2.75) is 12.6 Å². The summed E-state index contributed by atoms with van der Waals surface area (Å²) < 4.78 is 16.9. The summed E-state index contributed by atoms with van der Waals surface area (Å²) in [4.78, 5) is 2.27. The van der Waals surface area contributed by atoms with Crippen molar-refractivity contribution in [2.24, 2.45) is 0 Å². The van der Waals surface area contributed by atoms with Crippen LogP contribution >= 0.6 is 0 Å². The third-order valence-electron chi connectivity index (χ3n) is 4.25. The SMILES string of the molecule is COc1ccc(C2OCCN(C)Cc3ccc(OC)cc32)cc1. The lowest BCUT2D eigenvalue weighted by atomic mass is 9.95. The molecule has 1 unspecified atom stereocenters. The Kier molecular flexibility index (Phi) is 4.84. The lowest BCUT2D eigenvalue weighted by Crippen LogP contribution is -2.27. The second-order valence-electron chi connectivity index (χ2n) is 5.83. The molecule has 3 rings (SSSR count). The highest BCUT2D eigenvalue weighted by molar-refractivity contribution is 5.42. The van der Waals surface area contributed by atoms with Gasteiger partial charge in [0.15, 0.2) is 0 Å². The van der Waals surface area contributed by atoms with E-state index in [9.17, 15) is 0 Å². The maximum absolute atomic E-state index is 6.20. The summed E-state index contributed by atoms with van der Waals surface area (Å²) in [5.74, 6) is 1.71. The molecule has 122 valence electrons. The molecule has 0 aromatic heterocycles. The van der Waals surface area contributed by atoms with Gasteiger partial charge >= 0.3 is 0 Å². The molecule has 0 spiro atoms. The summed E-state index contributed by atoms with van der Waals surface area (Å²) in [6.07, 6.45) is -0.0836. The molecule has 0 radical (unpaired) electrons. The maximum atomic E-state index is 6.20. The average Bonchev–Trinajstić information content (AvgIpc) is 2.58. The van der Waals surface area contributed by atoms with Gasteiger partial charge in [-0.2, -0.15) is 0 Å². The van der Waals surface area contributed by atoms with Crippen molar-refractivity contribution in [3.8, 4) is 11.5 Å². The summed E-state index contributed by atoms with van der Waals surface area (Å²) in [5.41, 5.74) is 3.57. The van der Waals surface area contributed by atoms with Crippen LogP contribution in [0, 0.1) is 0 Å². The average molecular weight is 313 g/mol. The van der Waals surface area contributed by atoms with E-state index in [0.717, 1.165) is 30.2 Å². The molecular weight excluding hydrogens is 290 g/mol. The molecule has 0 saturated heterocycles. The van der Waals surface area contributed by atoms with E-state index < -0.39 is 0 Å². The van der Waals surface area contributed by atoms with Crippen LogP contribution in [-0.2, 0) is 11.3 Å². The van der Waals surface area contributed by atoms with Gasteiger partial charge in [-0.1, -0.05) is 18.2 Å². The molecule has 2 aromatic rings. The first-order valence-corrected chi connectivity index (χ1v) is 7.82. The largest absolute Gasteiger partial charge is 0.497 e. The van der Waals surface area contributed by atoms with Gasteiger partial charge in [0.1, 0.15) is 17.6 Å². The van der Waals surface area contributed by atoms with Crippen LogP contribution in [0.2, 0.25) is 0 Å². The number of rotatable bonds is 3. The molecule has 1 aliphatic heterocycles. The van der Waals surface area contributed by atoms with Crippen LogP contribution in [0.15, 0.2) is 42.5 Å². The lowest BCUT2D eigenvalue weighted by Gasteiger charge is -2.28. The van der Waals surface area contributed by atoms with E-state index in [0.29, 0.717) is 6.61 Å². The fourth-order valence-corrected chi connectivity index (χ4v) is 2.93. The van der Waals surface area contributed by atoms with E-state index in [1.165, 1.54) is 11.1 Å². The standard InChI is InChI=1S/C19H23NO3/c1-20-10-11-23-19(14-4-7-16(21-2)8-5-14)18-12-17(22-3)9-6-15(18)13-20/h4-9,12,19H,10-11,13H2,1-3H3. The molecule has 4 heteroatoms. The summed E-state index contributed by atoms with van der Waals surface area (Å²) in [5, 5.41) is 0. The monoisotopic (exact) mass is 313 g/mol. The van der Waals surface area contributed by atoms with E-state index in [1.807, 2.05) is 18.2 Å². The van der Waals surface area contributed by atoms with Crippen molar-refractivity contribution in [3.63, 3.8) is 0 Å². The Balaban J connectivity index is 2.03. The molecule has 0 bridgehead atoms. The molecule has 23 heavy (non-hydrogen) atoms. The van der Waals surface area contributed by atoms with Gasteiger partial charge in [-0.15, -0.1) is 0 Å². The Morgan fingerprint density at radius 1 is 1.00 bits per heavy atom. The highest BCUT2D eigenvalue weighted by Gasteiger charge is 2.22. The topological polar surface area (TPSA) is 30.9 Å². The van der Waals surface area contributed by atoms with Gasteiger partial charge in [0.05, 0.1) is 20.8 Å². The molecule has 0 aliphatic carbocycles. The number of likely N-dealkylation sites (N-methyl/N-ethyl adjacent to an activating group) is 1. The molecule has 0 amide bonds. The van der Waals surface area contributed by atoms with Crippen LogP contribution in [0.4, 0.5) is 0 Å². The van der Waals surface area contributed by atoms with Crippen molar-refractivity contribution >= 4 is 0 Å².